The topological polar surface area (TPSA) is 37.8 Å². The molecule has 1 aromatic carbocycles. The Morgan fingerprint density at radius 2 is 2.05 bits per heavy atom. The first-order valence-electron chi connectivity index (χ1n) is 6.67. The monoisotopic (exact) mass is 307 g/mol. The number of hydrogen-bond donors (Lipinski definition) is 1. The van der Waals surface area contributed by atoms with Crippen molar-refractivity contribution in [2.45, 2.75) is 26.2 Å². The van der Waals surface area contributed by atoms with E-state index in [1.54, 1.807) is 6.07 Å². The van der Waals surface area contributed by atoms with E-state index >= 15 is 0 Å². The van der Waals surface area contributed by atoms with Crippen LogP contribution in [0.15, 0.2) is 24.3 Å². The summed E-state index contributed by atoms with van der Waals surface area (Å²) < 4.78 is 0. The molecule has 1 heterocycles. The fourth-order valence-corrected chi connectivity index (χ4v) is 2.59. The van der Waals surface area contributed by atoms with Gasteiger partial charge in [0.05, 0.1) is 10.7 Å². The van der Waals surface area contributed by atoms with Crippen LogP contribution in [0.4, 0.5) is 11.5 Å². The normalized spacial score (nSPS) is 14.3. The lowest BCUT2D eigenvalue weighted by molar-refractivity contribution is 0.771. The highest BCUT2D eigenvalue weighted by Gasteiger charge is 2.23. The zero-order valence-corrected chi connectivity index (χ0v) is 12.7. The lowest BCUT2D eigenvalue weighted by Crippen LogP contribution is -2.02. The third kappa shape index (κ3) is 3.22. The van der Waals surface area contributed by atoms with Crippen LogP contribution in [-0.4, -0.2) is 9.97 Å². The third-order valence-electron chi connectivity index (χ3n) is 3.38. The fraction of sp³-hybridized carbons (Fsp3) is 0.333. The van der Waals surface area contributed by atoms with Gasteiger partial charge in [-0.05, 0) is 37.3 Å². The van der Waals surface area contributed by atoms with Gasteiger partial charge in [0.2, 0.25) is 0 Å². The predicted octanol–water partition coefficient (Wildman–Crippen LogP) is 4.79. The van der Waals surface area contributed by atoms with E-state index in [1.165, 1.54) is 12.8 Å². The molecule has 0 unspecified atom stereocenters. The average Bonchev–Trinajstić information content (AvgIpc) is 3.17. The van der Waals surface area contributed by atoms with Crippen molar-refractivity contribution < 1.29 is 0 Å². The predicted molar refractivity (Wildman–Crippen MR) is 82.9 cm³/mol. The van der Waals surface area contributed by atoms with Crippen LogP contribution in [-0.2, 0) is 6.42 Å². The van der Waals surface area contributed by atoms with Crippen LogP contribution in [0.1, 0.15) is 24.2 Å². The molecule has 1 aromatic heterocycles. The number of rotatable bonds is 4. The van der Waals surface area contributed by atoms with Crippen LogP contribution in [0.3, 0.4) is 0 Å². The zero-order valence-electron chi connectivity index (χ0n) is 11.2. The van der Waals surface area contributed by atoms with Crippen molar-refractivity contribution in [1.29, 1.82) is 0 Å². The molecule has 1 aliphatic rings. The molecule has 1 aliphatic carbocycles. The van der Waals surface area contributed by atoms with Gasteiger partial charge in [0.25, 0.3) is 0 Å². The van der Waals surface area contributed by atoms with E-state index in [0.717, 1.165) is 29.4 Å². The van der Waals surface area contributed by atoms with Crippen molar-refractivity contribution in [2.24, 2.45) is 5.92 Å². The maximum absolute atomic E-state index is 6.21. The lowest BCUT2D eigenvalue weighted by atomic mass is 10.2. The van der Waals surface area contributed by atoms with E-state index in [-0.39, 0.29) is 0 Å². The standard InChI is InChI=1S/C15H15Cl2N3/c1-9-3-2-4-11(16)15(9)20-14-8-12(17)18-13(19-14)7-10-5-6-10/h2-4,8,10H,5-7H2,1H3,(H,18,19,20). The van der Waals surface area contributed by atoms with E-state index in [4.69, 9.17) is 23.2 Å². The molecular formula is C15H15Cl2N3. The summed E-state index contributed by atoms with van der Waals surface area (Å²) in [5.41, 5.74) is 1.93. The summed E-state index contributed by atoms with van der Waals surface area (Å²) in [4.78, 5) is 8.81. The molecule has 0 saturated heterocycles. The van der Waals surface area contributed by atoms with Crippen LogP contribution < -0.4 is 5.32 Å². The number of para-hydroxylation sites is 1. The van der Waals surface area contributed by atoms with Crippen LogP contribution in [0.25, 0.3) is 0 Å². The minimum absolute atomic E-state index is 0.461. The Hall–Kier alpha value is -1.32. The lowest BCUT2D eigenvalue weighted by Gasteiger charge is -2.11. The minimum Gasteiger partial charge on any atom is -0.339 e. The average molecular weight is 308 g/mol. The molecule has 0 aliphatic heterocycles. The SMILES string of the molecule is Cc1cccc(Cl)c1Nc1cc(Cl)nc(CC2CC2)n1. The van der Waals surface area contributed by atoms with Gasteiger partial charge in [0.15, 0.2) is 0 Å². The second-order valence-corrected chi connectivity index (χ2v) is 5.99. The van der Waals surface area contributed by atoms with Crippen molar-refractivity contribution in [3.8, 4) is 0 Å². The second-order valence-electron chi connectivity index (χ2n) is 5.20. The van der Waals surface area contributed by atoms with Crippen molar-refractivity contribution in [1.82, 2.24) is 9.97 Å². The number of aryl methyl sites for hydroxylation is 1. The van der Waals surface area contributed by atoms with E-state index < -0.39 is 0 Å². The maximum atomic E-state index is 6.21. The molecule has 5 heteroatoms. The Labute approximate surface area is 128 Å². The number of hydrogen-bond acceptors (Lipinski definition) is 3. The Bertz CT molecular complexity index is 619. The summed E-state index contributed by atoms with van der Waals surface area (Å²) in [6.07, 6.45) is 3.43. The van der Waals surface area contributed by atoms with Crippen LogP contribution in [0.2, 0.25) is 10.2 Å². The van der Waals surface area contributed by atoms with Gasteiger partial charge in [-0.1, -0.05) is 35.3 Å². The summed E-state index contributed by atoms with van der Waals surface area (Å²) >= 11 is 12.3. The summed E-state index contributed by atoms with van der Waals surface area (Å²) in [5, 5.41) is 4.38. The Kier molecular flexibility index (Phi) is 3.81. The van der Waals surface area contributed by atoms with Crippen LogP contribution in [0.5, 0.6) is 0 Å². The zero-order chi connectivity index (χ0) is 14.1. The molecule has 3 rings (SSSR count). The van der Waals surface area contributed by atoms with Gasteiger partial charge >= 0.3 is 0 Å². The number of nitrogens with one attached hydrogen (secondary N) is 1. The first kappa shape index (κ1) is 13.7. The van der Waals surface area contributed by atoms with Gasteiger partial charge in [-0.25, -0.2) is 9.97 Å². The number of nitrogens with zero attached hydrogens (tertiary/aromatic N) is 2. The molecule has 0 atom stereocenters. The Balaban J connectivity index is 1.87. The van der Waals surface area contributed by atoms with Crippen molar-refractivity contribution in [3.63, 3.8) is 0 Å². The maximum Gasteiger partial charge on any atom is 0.135 e. The van der Waals surface area contributed by atoms with E-state index in [9.17, 15) is 0 Å². The molecule has 2 aromatic rings. The number of aromatic nitrogens is 2. The van der Waals surface area contributed by atoms with Crippen LogP contribution >= 0.6 is 23.2 Å². The molecule has 0 radical (unpaired) electrons. The van der Waals surface area contributed by atoms with Crippen LogP contribution in [0, 0.1) is 12.8 Å². The molecule has 3 nitrogen and oxygen atoms in total. The summed E-state index contributed by atoms with van der Waals surface area (Å²) in [6.45, 7) is 2.00. The van der Waals surface area contributed by atoms with Gasteiger partial charge in [-0.2, -0.15) is 0 Å². The molecule has 0 bridgehead atoms. The smallest absolute Gasteiger partial charge is 0.135 e. The minimum atomic E-state index is 0.461. The number of benzene rings is 1. The first-order valence-corrected chi connectivity index (χ1v) is 7.43. The molecule has 1 saturated carbocycles. The third-order valence-corrected chi connectivity index (χ3v) is 3.89. The quantitative estimate of drug-likeness (QED) is 0.825. The van der Waals surface area contributed by atoms with Crippen molar-refractivity contribution in [2.75, 3.05) is 5.32 Å². The molecule has 20 heavy (non-hydrogen) atoms. The van der Waals surface area contributed by atoms with Gasteiger partial charge in [0.1, 0.15) is 16.8 Å². The molecule has 104 valence electrons. The molecule has 1 N–H and O–H groups in total. The van der Waals surface area contributed by atoms with Gasteiger partial charge in [0, 0.05) is 12.5 Å². The highest BCUT2D eigenvalue weighted by atomic mass is 35.5. The van der Waals surface area contributed by atoms with E-state index in [2.05, 4.69) is 15.3 Å². The van der Waals surface area contributed by atoms with Crippen molar-refractivity contribution in [3.05, 3.63) is 45.8 Å². The Morgan fingerprint density at radius 1 is 1.25 bits per heavy atom. The number of anilines is 2. The first-order chi connectivity index (χ1) is 9.61. The largest absolute Gasteiger partial charge is 0.339 e. The fourth-order valence-electron chi connectivity index (χ4n) is 2.12. The van der Waals surface area contributed by atoms with Gasteiger partial charge in [-0.15, -0.1) is 0 Å². The molecular weight excluding hydrogens is 293 g/mol. The highest BCUT2D eigenvalue weighted by Crippen LogP contribution is 2.33. The van der Waals surface area contributed by atoms with E-state index in [1.807, 2.05) is 25.1 Å². The summed E-state index contributed by atoms with van der Waals surface area (Å²) in [5.74, 6) is 2.22. The Morgan fingerprint density at radius 3 is 2.75 bits per heavy atom. The highest BCUT2D eigenvalue weighted by molar-refractivity contribution is 6.33. The molecule has 0 amide bonds. The summed E-state index contributed by atoms with van der Waals surface area (Å²) in [6, 6.07) is 7.50. The van der Waals surface area contributed by atoms with E-state index in [0.29, 0.717) is 16.0 Å². The van der Waals surface area contributed by atoms with Crippen molar-refractivity contribution >= 4 is 34.7 Å². The second kappa shape index (κ2) is 5.58. The molecule has 1 fully saturated rings. The number of halogens is 2. The summed E-state index contributed by atoms with van der Waals surface area (Å²) in [7, 11) is 0. The van der Waals surface area contributed by atoms with Gasteiger partial charge < -0.3 is 5.32 Å². The van der Waals surface area contributed by atoms with Gasteiger partial charge in [-0.3, -0.25) is 0 Å². The molecule has 0 spiro atoms.